The van der Waals surface area contributed by atoms with E-state index in [1.807, 2.05) is 0 Å². The summed E-state index contributed by atoms with van der Waals surface area (Å²) >= 11 is 0. The highest BCUT2D eigenvalue weighted by atomic mass is 16.7. The molecule has 0 aromatic heterocycles. The Kier molecular flexibility index (Phi) is 3.60. The first-order valence-corrected chi connectivity index (χ1v) is 4.19. The molecule has 1 heterocycles. The van der Waals surface area contributed by atoms with Gasteiger partial charge in [0.2, 0.25) is 0 Å². The van der Waals surface area contributed by atoms with Crippen molar-refractivity contribution in [3.63, 3.8) is 0 Å². The van der Waals surface area contributed by atoms with Crippen LogP contribution < -0.4 is 0 Å². The van der Waals surface area contributed by atoms with Crippen molar-refractivity contribution < 1.29 is 9.47 Å². The molecular weight excluding hydrogens is 140 g/mol. The lowest BCUT2D eigenvalue weighted by atomic mass is 10.2. The largest absolute Gasteiger partial charge is 0.352 e. The van der Waals surface area contributed by atoms with E-state index in [2.05, 4.69) is 26.0 Å². The summed E-state index contributed by atoms with van der Waals surface area (Å²) in [6.07, 6.45) is 5.14. The lowest BCUT2D eigenvalue weighted by Gasteiger charge is -2.22. The van der Waals surface area contributed by atoms with Crippen LogP contribution in [0.4, 0.5) is 0 Å². The smallest absolute Gasteiger partial charge is 0.160 e. The Hall–Kier alpha value is -0.340. The molecule has 0 saturated heterocycles. The Bertz CT molecular complexity index is 130. The van der Waals surface area contributed by atoms with Gasteiger partial charge < -0.3 is 9.47 Å². The molecule has 0 amide bonds. The van der Waals surface area contributed by atoms with Gasteiger partial charge in [-0.05, 0) is 6.42 Å². The molecule has 2 heteroatoms. The third-order valence-corrected chi connectivity index (χ3v) is 1.63. The number of ether oxygens (including phenoxy) is 2. The molecule has 0 N–H and O–H groups in total. The van der Waals surface area contributed by atoms with Crippen LogP contribution in [0.2, 0.25) is 0 Å². The highest BCUT2D eigenvalue weighted by Crippen LogP contribution is 2.10. The van der Waals surface area contributed by atoms with Gasteiger partial charge in [0.1, 0.15) is 0 Å². The fourth-order valence-electron chi connectivity index (χ4n) is 1.02. The minimum atomic E-state index is -0.0139. The first-order valence-electron chi connectivity index (χ1n) is 4.19. The van der Waals surface area contributed by atoms with Crippen molar-refractivity contribution in [2.24, 2.45) is 5.92 Å². The van der Waals surface area contributed by atoms with Crippen LogP contribution >= 0.6 is 0 Å². The van der Waals surface area contributed by atoms with E-state index in [0.717, 1.165) is 13.0 Å². The Morgan fingerprint density at radius 1 is 1.27 bits per heavy atom. The summed E-state index contributed by atoms with van der Waals surface area (Å²) in [5.74, 6) is 0.446. The Morgan fingerprint density at radius 3 is 2.82 bits per heavy atom. The van der Waals surface area contributed by atoms with Crippen LogP contribution in [-0.2, 0) is 9.47 Å². The predicted molar refractivity (Wildman–Crippen MR) is 44.3 cm³/mol. The first kappa shape index (κ1) is 8.75. The average Bonchev–Trinajstić information content (AvgIpc) is 1.84. The van der Waals surface area contributed by atoms with Crippen molar-refractivity contribution in [3.8, 4) is 0 Å². The highest BCUT2D eigenvalue weighted by Gasteiger charge is 2.13. The topological polar surface area (TPSA) is 18.5 Å². The van der Waals surface area contributed by atoms with Crippen LogP contribution in [0.1, 0.15) is 20.3 Å². The maximum atomic E-state index is 5.47. The van der Waals surface area contributed by atoms with E-state index in [4.69, 9.17) is 9.47 Å². The molecule has 0 aliphatic carbocycles. The second-order valence-electron chi connectivity index (χ2n) is 3.08. The molecule has 11 heavy (non-hydrogen) atoms. The summed E-state index contributed by atoms with van der Waals surface area (Å²) in [6, 6.07) is 0. The highest BCUT2D eigenvalue weighted by molar-refractivity contribution is 4.82. The molecule has 64 valence electrons. The van der Waals surface area contributed by atoms with Crippen LogP contribution in [0.15, 0.2) is 12.2 Å². The van der Waals surface area contributed by atoms with E-state index >= 15 is 0 Å². The van der Waals surface area contributed by atoms with E-state index in [0.29, 0.717) is 12.5 Å². The lowest BCUT2D eigenvalue weighted by molar-refractivity contribution is -0.160. The number of hydrogen-bond donors (Lipinski definition) is 0. The fourth-order valence-corrected chi connectivity index (χ4v) is 1.02. The van der Waals surface area contributed by atoms with Gasteiger partial charge in [0.15, 0.2) is 6.29 Å². The van der Waals surface area contributed by atoms with Gasteiger partial charge in [-0.3, -0.25) is 0 Å². The molecule has 0 fully saturated rings. The molecule has 1 rings (SSSR count). The number of rotatable bonds is 1. The van der Waals surface area contributed by atoms with Gasteiger partial charge >= 0.3 is 0 Å². The normalized spacial score (nSPS) is 29.5. The third kappa shape index (κ3) is 3.04. The molecule has 0 bridgehead atoms. The zero-order valence-corrected chi connectivity index (χ0v) is 7.25. The van der Waals surface area contributed by atoms with E-state index in [-0.39, 0.29) is 6.29 Å². The molecule has 1 unspecified atom stereocenters. The van der Waals surface area contributed by atoms with Gasteiger partial charge in [0.25, 0.3) is 0 Å². The van der Waals surface area contributed by atoms with Crippen molar-refractivity contribution in [3.05, 3.63) is 12.2 Å². The van der Waals surface area contributed by atoms with Gasteiger partial charge in [-0.25, -0.2) is 0 Å². The SMILES string of the molecule is CC(C)C1OC/C=C\CCO1. The lowest BCUT2D eigenvalue weighted by Crippen LogP contribution is -2.24. The Labute approximate surface area is 68.2 Å². The standard InChI is InChI=1S/C9H16O2/c1-8(2)9-10-6-4-3-5-7-11-9/h3-4,8-9H,5-7H2,1-2H3/b4-3-. The molecule has 2 nitrogen and oxygen atoms in total. The molecule has 0 spiro atoms. The Balaban J connectivity index is 2.35. The van der Waals surface area contributed by atoms with Crippen LogP contribution in [-0.4, -0.2) is 19.5 Å². The number of hydrogen-bond acceptors (Lipinski definition) is 2. The Morgan fingerprint density at radius 2 is 2.09 bits per heavy atom. The van der Waals surface area contributed by atoms with Crippen LogP contribution in [0.3, 0.4) is 0 Å². The van der Waals surface area contributed by atoms with Gasteiger partial charge in [-0.1, -0.05) is 26.0 Å². The molecule has 0 aromatic rings. The second kappa shape index (κ2) is 4.52. The third-order valence-electron chi connectivity index (χ3n) is 1.63. The van der Waals surface area contributed by atoms with Crippen molar-refractivity contribution in [2.75, 3.05) is 13.2 Å². The van der Waals surface area contributed by atoms with E-state index in [1.165, 1.54) is 0 Å². The minimum Gasteiger partial charge on any atom is -0.352 e. The summed E-state index contributed by atoms with van der Waals surface area (Å²) in [4.78, 5) is 0. The zero-order valence-electron chi connectivity index (χ0n) is 7.25. The maximum absolute atomic E-state index is 5.47. The fraction of sp³-hybridized carbons (Fsp3) is 0.778. The van der Waals surface area contributed by atoms with Crippen molar-refractivity contribution in [1.82, 2.24) is 0 Å². The van der Waals surface area contributed by atoms with Crippen molar-refractivity contribution >= 4 is 0 Å². The summed E-state index contributed by atoms with van der Waals surface area (Å²) in [7, 11) is 0. The maximum Gasteiger partial charge on any atom is 0.160 e. The average molecular weight is 156 g/mol. The van der Waals surface area contributed by atoms with E-state index in [1.54, 1.807) is 0 Å². The first-order chi connectivity index (χ1) is 5.30. The predicted octanol–water partition coefficient (Wildman–Crippen LogP) is 1.96. The molecule has 1 aliphatic heterocycles. The zero-order chi connectivity index (χ0) is 8.10. The summed E-state index contributed by atoms with van der Waals surface area (Å²) in [6.45, 7) is 5.67. The van der Waals surface area contributed by atoms with Gasteiger partial charge in [0, 0.05) is 5.92 Å². The van der Waals surface area contributed by atoms with E-state index in [9.17, 15) is 0 Å². The minimum absolute atomic E-state index is 0.0139. The molecule has 1 aliphatic rings. The molecular formula is C9H16O2. The van der Waals surface area contributed by atoms with Crippen LogP contribution in [0, 0.1) is 5.92 Å². The van der Waals surface area contributed by atoms with Gasteiger partial charge in [-0.15, -0.1) is 0 Å². The monoisotopic (exact) mass is 156 g/mol. The van der Waals surface area contributed by atoms with Crippen molar-refractivity contribution in [1.29, 1.82) is 0 Å². The molecule has 0 aromatic carbocycles. The van der Waals surface area contributed by atoms with Crippen LogP contribution in [0.5, 0.6) is 0 Å². The van der Waals surface area contributed by atoms with E-state index < -0.39 is 0 Å². The van der Waals surface area contributed by atoms with Gasteiger partial charge in [-0.2, -0.15) is 0 Å². The molecule has 0 saturated carbocycles. The summed E-state index contributed by atoms with van der Waals surface area (Å²) in [5.41, 5.74) is 0. The quantitative estimate of drug-likeness (QED) is 0.540. The van der Waals surface area contributed by atoms with Gasteiger partial charge in [0.05, 0.1) is 13.2 Å². The second-order valence-corrected chi connectivity index (χ2v) is 3.08. The molecule has 1 atom stereocenters. The summed E-state index contributed by atoms with van der Waals surface area (Å²) < 4.78 is 10.9. The summed E-state index contributed by atoms with van der Waals surface area (Å²) in [5, 5.41) is 0. The van der Waals surface area contributed by atoms with Crippen LogP contribution in [0.25, 0.3) is 0 Å². The molecule has 0 radical (unpaired) electrons. The van der Waals surface area contributed by atoms with Crippen molar-refractivity contribution in [2.45, 2.75) is 26.6 Å².